The number of para-hydroxylation sites is 1. The Morgan fingerprint density at radius 3 is 2.81 bits per heavy atom. The van der Waals surface area contributed by atoms with Crippen molar-refractivity contribution in [3.05, 3.63) is 30.3 Å². The second-order valence-electron chi connectivity index (χ2n) is 5.24. The maximum atomic E-state index is 11.6. The summed E-state index contributed by atoms with van der Waals surface area (Å²) in [6, 6.07) is 9.64. The van der Waals surface area contributed by atoms with E-state index in [9.17, 15) is 8.42 Å². The van der Waals surface area contributed by atoms with Gasteiger partial charge in [0.2, 0.25) is 0 Å². The molecule has 2 unspecified atom stereocenters. The Kier molecular flexibility index (Phi) is 4.12. The zero-order valence-corrected chi connectivity index (χ0v) is 13.4. The fourth-order valence-corrected chi connectivity index (χ4v) is 5.44. The van der Waals surface area contributed by atoms with E-state index in [1.54, 1.807) is 11.8 Å². The van der Waals surface area contributed by atoms with Crippen LogP contribution in [0.5, 0.6) is 5.75 Å². The number of thioether (sulfide) groups is 1. The summed E-state index contributed by atoms with van der Waals surface area (Å²) in [7, 11) is -0.980. The van der Waals surface area contributed by atoms with Crippen LogP contribution in [-0.4, -0.2) is 61.5 Å². The van der Waals surface area contributed by atoms with Crippen LogP contribution >= 0.6 is 11.8 Å². The van der Waals surface area contributed by atoms with E-state index in [4.69, 9.17) is 4.74 Å². The van der Waals surface area contributed by atoms with Gasteiger partial charge in [0.05, 0.1) is 30.2 Å². The van der Waals surface area contributed by atoms with Gasteiger partial charge >= 0.3 is 0 Å². The highest BCUT2D eigenvalue weighted by Crippen LogP contribution is 2.29. The SMILES string of the molecule is CN1C(SCCOc2ccccc2)=NC2CS(=O)(=O)CC21. The highest BCUT2D eigenvalue weighted by molar-refractivity contribution is 8.13. The van der Waals surface area contributed by atoms with Crippen LogP contribution in [0.4, 0.5) is 0 Å². The van der Waals surface area contributed by atoms with E-state index in [1.165, 1.54) is 0 Å². The Morgan fingerprint density at radius 1 is 1.33 bits per heavy atom. The molecule has 2 heterocycles. The Balaban J connectivity index is 1.48. The number of hydrogen-bond donors (Lipinski definition) is 0. The molecule has 3 rings (SSSR count). The molecule has 5 nitrogen and oxygen atoms in total. The Bertz CT molecular complexity index is 631. The number of amidine groups is 1. The zero-order valence-electron chi connectivity index (χ0n) is 11.8. The van der Waals surface area contributed by atoms with Crippen molar-refractivity contribution in [2.24, 2.45) is 4.99 Å². The number of fused-ring (bicyclic) bond motifs is 1. The van der Waals surface area contributed by atoms with E-state index >= 15 is 0 Å². The predicted octanol–water partition coefficient (Wildman–Crippen LogP) is 1.27. The molecule has 1 fully saturated rings. The molecule has 1 aromatic carbocycles. The molecule has 0 saturated carbocycles. The van der Waals surface area contributed by atoms with Gasteiger partial charge < -0.3 is 9.64 Å². The Hall–Kier alpha value is -1.21. The summed E-state index contributed by atoms with van der Waals surface area (Å²) >= 11 is 1.62. The molecular formula is C14H18N2O3S2. The number of benzene rings is 1. The molecule has 21 heavy (non-hydrogen) atoms. The molecule has 7 heteroatoms. The molecule has 0 bridgehead atoms. The zero-order chi connectivity index (χ0) is 14.9. The minimum atomic E-state index is -2.91. The van der Waals surface area contributed by atoms with Crippen LogP contribution in [0.2, 0.25) is 0 Å². The van der Waals surface area contributed by atoms with Gasteiger partial charge in [-0.2, -0.15) is 0 Å². The molecule has 0 amide bonds. The first-order valence-corrected chi connectivity index (χ1v) is 9.67. The first-order valence-electron chi connectivity index (χ1n) is 6.87. The molecule has 1 saturated heterocycles. The smallest absolute Gasteiger partial charge is 0.159 e. The largest absolute Gasteiger partial charge is 0.493 e. The van der Waals surface area contributed by atoms with Crippen LogP contribution in [0.3, 0.4) is 0 Å². The second-order valence-corrected chi connectivity index (χ2v) is 8.46. The van der Waals surface area contributed by atoms with Crippen LogP contribution < -0.4 is 4.74 Å². The van der Waals surface area contributed by atoms with Gasteiger partial charge in [0, 0.05) is 12.8 Å². The van der Waals surface area contributed by atoms with E-state index in [0.29, 0.717) is 6.61 Å². The molecule has 2 atom stereocenters. The first-order chi connectivity index (χ1) is 10.1. The lowest BCUT2D eigenvalue weighted by Crippen LogP contribution is -2.35. The van der Waals surface area contributed by atoms with Gasteiger partial charge in [-0.25, -0.2) is 8.42 Å². The fraction of sp³-hybridized carbons (Fsp3) is 0.500. The number of hydrogen-bond acceptors (Lipinski definition) is 6. The summed E-state index contributed by atoms with van der Waals surface area (Å²) < 4.78 is 28.8. The third-order valence-electron chi connectivity index (χ3n) is 3.70. The molecule has 0 aliphatic carbocycles. The molecule has 114 valence electrons. The van der Waals surface area contributed by atoms with Crippen molar-refractivity contribution >= 4 is 26.8 Å². The van der Waals surface area contributed by atoms with Gasteiger partial charge in [-0.1, -0.05) is 30.0 Å². The van der Waals surface area contributed by atoms with Gasteiger partial charge in [0.15, 0.2) is 15.0 Å². The third-order valence-corrected chi connectivity index (χ3v) is 6.42. The molecule has 2 aliphatic rings. The number of nitrogens with zero attached hydrogens (tertiary/aromatic N) is 2. The van der Waals surface area contributed by atoms with Gasteiger partial charge in [0.25, 0.3) is 0 Å². The summed E-state index contributed by atoms with van der Waals surface area (Å²) in [6.45, 7) is 0.606. The van der Waals surface area contributed by atoms with Gasteiger partial charge in [-0.15, -0.1) is 0 Å². The Morgan fingerprint density at radius 2 is 2.10 bits per heavy atom. The van der Waals surface area contributed by atoms with Crippen molar-refractivity contribution in [3.63, 3.8) is 0 Å². The lowest BCUT2D eigenvalue weighted by atomic mass is 10.2. The molecule has 0 radical (unpaired) electrons. The molecule has 2 aliphatic heterocycles. The van der Waals surface area contributed by atoms with Crippen molar-refractivity contribution in [1.29, 1.82) is 0 Å². The standard InChI is InChI=1S/C14H18N2O3S2/c1-16-13-10-21(17,18)9-12(13)15-14(16)20-8-7-19-11-5-3-2-4-6-11/h2-6,12-13H,7-10H2,1H3. The number of ether oxygens (including phenoxy) is 1. The quantitative estimate of drug-likeness (QED) is 0.780. The highest BCUT2D eigenvalue weighted by atomic mass is 32.2. The highest BCUT2D eigenvalue weighted by Gasteiger charge is 2.44. The van der Waals surface area contributed by atoms with Gasteiger partial charge in [0.1, 0.15) is 5.75 Å². The van der Waals surface area contributed by atoms with Crippen LogP contribution in [0.1, 0.15) is 0 Å². The number of likely N-dealkylation sites (N-methyl/N-ethyl adjacent to an activating group) is 1. The lowest BCUT2D eigenvalue weighted by molar-refractivity contribution is 0.344. The number of sulfone groups is 1. The Labute approximate surface area is 129 Å². The molecule has 0 aromatic heterocycles. The second kappa shape index (κ2) is 5.88. The minimum absolute atomic E-state index is 0.0209. The molecule has 0 N–H and O–H groups in total. The number of aliphatic imine (C=N–C) groups is 1. The van der Waals surface area contributed by atoms with Crippen LogP contribution in [0.25, 0.3) is 0 Å². The topological polar surface area (TPSA) is 59.0 Å². The predicted molar refractivity (Wildman–Crippen MR) is 85.8 cm³/mol. The van der Waals surface area contributed by atoms with Crippen molar-refractivity contribution in [2.45, 2.75) is 12.1 Å². The minimum Gasteiger partial charge on any atom is -0.493 e. The first kappa shape index (κ1) is 14.7. The van der Waals surface area contributed by atoms with Crippen LogP contribution in [-0.2, 0) is 9.84 Å². The van der Waals surface area contributed by atoms with Crippen molar-refractivity contribution in [2.75, 3.05) is 30.9 Å². The van der Waals surface area contributed by atoms with E-state index in [2.05, 4.69) is 4.99 Å². The number of rotatable bonds is 4. The average molecular weight is 326 g/mol. The van der Waals surface area contributed by atoms with E-state index in [1.807, 2.05) is 42.3 Å². The average Bonchev–Trinajstić information content (AvgIpc) is 2.90. The summed E-state index contributed by atoms with van der Waals surface area (Å²) in [4.78, 5) is 6.54. The van der Waals surface area contributed by atoms with Gasteiger partial charge in [-0.05, 0) is 12.1 Å². The maximum Gasteiger partial charge on any atom is 0.159 e. The summed E-state index contributed by atoms with van der Waals surface area (Å²) in [5, 5.41) is 0.927. The van der Waals surface area contributed by atoms with E-state index < -0.39 is 9.84 Å². The molecular weight excluding hydrogens is 308 g/mol. The summed E-state index contributed by atoms with van der Waals surface area (Å²) in [5.41, 5.74) is 0. The fourth-order valence-electron chi connectivity index (χ4n) is 2.63. The normalized spacial score (nSPS) is 26.5. The van der Waals surface area contributed by atoms with Crippen molar-refractivity contribution < 1.29 is 13.2 Å². The lowest BCUT2D eigenvalue weighted by Gasteiger charge is -2.20. The monoisotopic (exact) mass is 326 g/mol. The van der Waals surface area contributed by atoms with Crippen LogP contribution in [0, 0.1) is 0 Å². The van der Waals surface area contributed by atoms with Crippen molar-refractivity contribution in [3.8, 4) is 5.75 Å². The van der Waals surface area contributed by atoms with Crippen LogP contribution in [0.15, 0.2) is 35.3 Å². The van der Waals surface area contributed by atoms with Gasteiger partial charge in [-0.3, -0.25) is 4.99 Å². The molecule has 0 spiro atoms. The summed E-state index contributed by atoms with van der Waals surface area (Å²) in [5.74, 6) is 2.07. The maximum absolute atomic E-state index is 11.6. The summed E-state index contributed by atoms with van der Waals surface area (Å²) in [6.07, 6.45) is 0. The van der Waals surface area contributed by atoms with E-state index in [-0.39, 0.29) is 23.6 Å². The van der Waals surface area contributed by atoms with E-state index in [0.717, 1.165) is 16.7 Å². The van der Waals surface area contributed by atoms with Crippen molar-refractivity contribution in [1.82, 2.24) is 4.90 Å². The molecule has 1 aromatic rings. The third kappa shape index (κ3) is 3.35.